The summed E-state index contributed by atoms with van der Waals surface area (Å²) < 4.78 is 3.94. The normalized spacial score (nSPS) is 11.6. The first-order valence-electron chi connectivity index (χ1n) is 15.4. The minimum Gasteiger partial charge on any atom is -0.345 e. The van der Waals surface area contributed by atoms with Gasteiger partial charge in [0.25, 0.3) is 11.5 Å². The standard InChI is InChI=1S/C40H34N4O2/c1-28-36(26-43-24-23-34-35(38(45)42(2)3)25-29-15-13-14-22-33(29)37(34)39(43)46)41-27-44(28)40(30-16-7-4-8-17-30,31-18-9-5-10-19-31)32-20-11-6-12-21-32/h4-25,27H,26H2,1-3H3. The van der Waals surface area contributed by atoms with Crippen molar-refractivity contribution in [1.82, 2.24) is 19.0 Å². The van der Waals surface area contributed by atoms with Gasteiger partial charge in [-0.15, -0.1) is 0 Å². The third kappa shape index (κ3) is 4.61. The average Bonchev–Trinajstić information content (AvgIpc) is 3.46. The largest absolute Gasteiger partial charge is 0.345 e. The molecule has 0 saturated heterocycles. The smallest absolute Gasteiger partial charge is 0.259 e. The van der Waals surface area contributed by atoms with Crippen LogP contribution in [0.15, 0.2) is 145 Å². The lowest BCUT2D eigenvalue weighted by atomic mass is 9.76. The first kappa shape index (κ1) is 29.0. The summed E-state index contributed by atoms with van der Waals surface area (Å²) in [5.41, 5.74) is 4.71. The second kappa shape index (κ2) is 11.6. The molecule has 0 aliphatic carbocycles. The predicted molar refractivity (Wildman–Crippen MR) is 184 cm³/mol. The SMILES string of the molecule is Cc1c(Cn2ccc3c(C(=O)N(C)C)cc4ccccc4c3c2=O)ncn1C(c1ccccc1)(c1ccccc1)c1ccccc1. The van der Waals surface area contributed by atoms with Crippen LogP contribution in [0.4, 0.5) is 0 Å². The Balaban J connectivity index is 1.42. The van der Waals surface area contributed by atoms with Crippen LogP contribution < -0.4 is 5.56 Å². The number of carbonyl (C=O) groups excluding carboxylic acids is 1. The highest BCUT2D eigenvalue weighted by Gasteiger charge is 2.39. The van der Waals surface area contributed by atoms with Gasteiger partial charge in [0.15, 0.2) is 0 Å². The number of hydrogen-bond donors (Lipinski definition) is 0. The number of rotatable bonds is 7. The van der Waals surface area contributed by atoms with Crippen LogP contribution in [-0.4, -0.2) is 39.0 Å². The molecule has 7 rings (SSSR count). The average molecular weight is 603 g/mol. The summed E-state index contributed by atoms with van der Waals surface area (Å²) in [4.78, 5) is 34.0. The number of hydrogen-bond acceptors (Lipinski definition) is 3. The molecule has 1 amide bonds. The molecule has 0 saturated carbocycles. The van der Waals surface area contributed by atoms with Crippen molar-refractivity contribution < 1.29 is 4.79 Å². The fourth-order valence-corrected chi connectivity index (χ4v) is 6.74. The van der Waals surface area contributed by atoms with Gasteiger partial charge in [-0.3, -0.25) is 9.59 Å². The highest BCUT2D eigenvalue weighted by Crippen LogP contribution is 2.42. The van der Waals surface area contributed by atoms with E-state index in [0.717, 1.165) is 38.9 Å². The number of aromatic nitrogens is 3. The first-order valence-corrected chi connectivity index (χ1v) is 15.4. The van der Waals surface area contributed by atoms with E-state index < -0.39 is 5.54 Å². The lowest BCUT2D eigenvalue weighted by Crippen LogP contribution is -2.38. The van der Waals surface area contributed by atoms with Gasteiger partial charge >= 0.3 is 0 Å². The van der Waals surface area contributed by atoms with E-state index in [9.17, 15) is 9.59 Å². The minimum atomic E-state index is -0.703. The molecule has 0 aliphatic rings. The molecule has 5 aromatic carbocycles. The van der Waals surface area contributed by atoms with E-state index in [1.54, 1.807) is 29.8 Å². The molecule has 0 atom stereocenters. The van der Waals surface area contributed by atoms with E-state index >= 15 is 0 Å². The van der Waals surface area contributed by atoms with Crippen molar-refractivity contribution in [3.63, 3.8) is 0 Å². The second-order valence-electron chi connectivity index (χ2n) is 11.8. The van der Waals surface area contributed by atoms with Crippen molar-refractivity contribution in [2.75, 3.05) is 14.1 Å². The first-order chi connectivity index (χ1) is 22.4. The predicted octanol–water partition coefficient (Wildman–Crippen LogP) is 7.25. The van der Waals surface area contributed by atoms with Crippen molar-refractivity contribution in [2.24, 2.45) is 0 Å². The second-order valence-corrected chi connectivity index (χ2v) is 11.8. The van der Waals surface area contributed by atoms with Crippen LogP contribution in [-0.2, 0) is 12.1 Å². The number of imidazole rings is 1. The molecule has 46 heavy (non-hydrogen) atoms. The lowest BCUT2D eigenvalue weighted by molar-refractivity contribution is 0.0829. The topological polar surface area (TPSA) is 60.1 Å². The molecule has 7 aromatic rings. The molecule has 6 nitrogen and oxygen atoms in total. The van der Waals surface area contributed by atoms with Gasteiger partial charge in [-0.2, -0.15) is 0 Å². The number of carbonyl (C=O) groups is 1. The van der Waals surface area contributed by atoms with Gasteiger partial charge in [-0.25, -0.2) is 4.98 Å². The monoisotopic (exact) mass is 602 g/mol. The number of nitrogens with zero attached hydrogens (tertiary/aromatic N) is 4. The van der Waals surface area contributed by atoms with E-state index in [2.05, 4.69) is 84.3 Å². The molecule has 2 heterocycles. The summed E-state index contributed by atoms with van der Waals surface area (Å²) in [7, 11) is 3.45. The zero-order valence-corrected chi connectivity index (χ0v) is 26.1. The van der Waals surface area contributed by atoms with E-state index in [-0.39, 0.29) is 18.0 Å². The van der Waals surface area contributed by atoms with Crippen molar-refractivity contribution in [1.29, 1.82) is 0 Å². The highest BCUT2D eigenvalue weighted by atomic mass is 16.2. The van der Waals surface area contributed by atoms with Gasteiger partial charge in [-0.05, 0) is 46.5 Å². The van der Waals surface area contributed by atoms with E-state index in [1.165, 1.54) is 0 Å². The molecule has 0 spiro atoms. The van der Waals surface area contributed by atoms with Crippen molar-refractivity contribution in [2.45, 2.75) is 19.0 Å². The van der Waals surface area contributed by atoms with Gasteiger partial charge in [0.2, 0.25) is 0 Å². The van der Waals surface area contributed by atoms with Crippen molar-refractivity contribution in [3.8, 4) is 0 Å². The molecule has 2 aromatic heterocycles. The Bertz CT molecular complexity index is 2160. The maximum Gasteiger partial charge on any atom is 0.259 e. The van der Waals surface area contributed by atoms with Gasteiger partial charge in [-0.1, -0.05) is 115 Å². The lowest BCUT2D eigenvalue weighted by Gasteiger charge is -2.38. The number of fused-ring (bicyclic) bond motifs is 3. The van der Waals surface area contributed by atoms with E-state index in [1.807, 2.05) is 60.9 Å². The Morgan fingerprint density at radius 1 is 0.739 bits per heavy atom. The van der Waals surface area contributed by atoms with E-state index in [4.69, 9.17) is 4.98 Å². The van der Waals surface area contributed by atoms with Crippen molar-refractivity contribution in [3.05, 3.63) is 184 Å². The molecule has 0 fully saturated rings. The molecule has 6 heteroatoms. The van der Waals surface area contributed by atoms with Crippen LogP contribution in [0.5, 0.6) is 0 Å². The van der Waals surface area contributed by atoms with Crippen LogP contribution in [0.3, 0.4) is 0 Å². The van der Waals surface area contributed by atoms with Crippen LogP contribution in [0.2, 0.25) is 0 Å². The Labute approximate surface area is 267 Å². The number of benzene rings is 5. The summed E-state index contributed by atoms with van der Waals surface area (Å²) in [6, 6.07) is 42.9. The fraction of sp³-hybridized carbons (Fsp3) is 0.125. The third-order valence-corrected chi connectivity index (χ3v) is 8.99. The summed E-state index contributed by atoms with van der Waals surface area (Å²) in [6.45, 7) is 2.35. The molecule has 0 N–H and O–H groups in total. The van der Waals surface area contributed by atoms with Crippen LogP contribution in [0.1, 0.15) is 38.4 Å². The zero-order chi connectivity index (χ0) is 31.8. The quantitative estimate of drug-likeness (QED) is 0.143. The zero-order valence-electron chi connectivity index (χ0n) is 26.1. The van der Waals surface area contributed by atoms with Gasteiger partial charge in [0.1, 0.15) is 5.54 Å². The summed E-state index contributed by atoms with van der Waals surface area (Å²) in [5.74, 6) is -0.137. The maximum atomic E-state index is 14.3. The van der Waals surface area contributed by atoms with Crippen LogP contribution in [0.25, 0.3) is 21.5 Å². The Hall–Kier alpha value is -5.75. The van der Waals surface area contributed by atoms with Crippen LogP contribution >= 0.6 is 0 Å². The van der Waals surface area contributed by atoms with E-state index in [0.29, 0.717) is 16.3 Å². The molecule has 0 bridgehead atoms. The fourth-order valence-electron chi connectivity index (χ4n) is 6.74. The van der Waals surface area contributed by atoms with Crippen molar-refractivity contribution >= 4 is 27.5 Å². The molecular formula is C40H34N4O2. The Morgan fingerprint density at radius 3 is 1.85 bits per heavy atom. The molecule has 0 aliphatic heterocycles. The van der Waals surface area contributed by atoms with Crippen LogP contribution in [0, 0.1) is 6.92 Å². The molecule has 0 radical (unpaired) electrons. The van der Waals surface area contributed by atoms with Gasteiger partial charge in [0, 0.05) is 36.9 Å². The number of amides is 1. The molecular weight excluding hydrogens is 568 g/mol. The Kier molecular flexibility index (Phi) is 7.33. The number of pyridine rings is 1. The molecule has 0 unspecified atom stereocenters. The third-order valence-electron chi connectivity index (χ3n) is 8.99. The summed E-state index contributed by atoms with van der Waals surface area (Å²) in [6.07, 6.45) is 3.68. The highest BCUT2D eigenvalue weighted by molar-refractivity contribution is 6.16. The Morgan fingerprint density at radius 2 is 1.28 bits per heavy atom. The van der Waals surface area contributed by atoms with Gasteiger partial charge < -0.3 is 14.0 Å². The summed E-state index contributed by atoms with van der Waals surface area (Å²) in [5, 5.41) is 2.87. The maximum absolute atomic E-state index is 14.3. The van der Waals surface area contributed by atoms with Gasteiger partial charge in [0.05, 0.1) is 24.0 Å². The minimum absolute atomic E-state index is 0.137. The molecule has 226 valence electrons. The summed E-state index contributed by atoms with van der Waals surface area (Å²) >= 11 is 0.